The maximum Gasteiger partial charge on any atom is 0.323 e. The molecule has 13 heavy (non-hydrogen) atoms. The second-order valence-electron chi connectivity index (χ2n) is 2.23. The lowest BCUT2D eigenvalue weighted by molar-refractivity contribution is -0.139. The van der Waals surface area contributed by atoms with Gasteiger partial charge in [-0.05, 0) is 6.92 Å². The Labute approximate surface area is 74.3 Å². The molecule has 1 unspecified atom stereocenters. The van der Waals surface area contributed by atoms with Gasteiger partial charge in [0.25, 0.3) is 0 Å². The quantitative estimate of drug-likeness (QED) is 0.448. The first-order valence-electron chi connectivity index (χ1n) is 3.35. The number of carboxylic acid groups (broad SMARTS) is 2. The first-order chi connectivity index (χ1) is 5.82. The fourth-order valence-corrected chi connectivity index (χ4v) is 0.0660. The number of halogens is 1. The summed E-state index contributed by atoms with van der Waals surface area (Å²) in [5, 5.41) is 15.7. The summed E-state index contributed by atoms with van der Waals surface area (Å²) in [6, 6.07) is -2.08. The number of aliphatic carboxylic acids is 2. The van der Waals surface area contributed by atoms with E-state index in [1.54, 1.807) is 0 Å². The van der Waals surface area contributed by atoms with Gasteiger partial charge in [0.1, 0.15) is 18.8 Å². The van der Waals surface area contributed by atoms with E-state index in [0.29, 0.717) is 0 Å². The van der Waals surface area contributed by atoms with E-state index >= 15 is 0 Å². The molecule has 0 saturated carbocycles. The first-order valence-corrected chi connectivity index (χ1v) is 3.35. The minimum atomic E-state index is -1.35. The molecule has 6 N–H and O–H groups in total. The Morgan fingerprint density at radius 3 is 1.62 bits per heavy atom. The van der Waals surface area contributed by atoms with Gasteiger partial charge in [0, 0.05) is 0 Å². The molecule has 0 aliphatic heterocycles. The predicted octanol–water partition coefficient (Wildman–Crippen LogP) is -1.21. The molecule has 0 aliphatic carbocycles. The van der Waals surface area contributed by atoms with Gasteiger partial charge in [-0.25, -0.2) is 4.39 Å². The van der Waals surface area contributed by atoms with E-state index in [2.05, 4.69) is 5.73 Å². The van der Waals surface area contributed by atoms with Crippen molar-refractivity contribution in [2.24, 2.45) is 11.5 Å². The Bertz CT molecular complexity index is 174. The third-order valence-corrected chi connectivity index (χ3v) is 0.873. The van der Waals surface area contributed by atoms with E-state index in [-0.39, 0.29) is 0 Å². The zero-order valence-corrected chi connectivity index (χ0v) is 7.11. The fraction of sp³-hybridized carbons (Fsp3) is 0.667. The number of nitrogens with two attached hydrogens (primary N) is 2. The van der Waals surface area contributed by atoms with Crippen LogP contribution in [0.5, 0.6) is 0 Å². The summed E-state index contributed by atoms with van der Waals surface area (Å²) in [6.45, 7) is 0.414. The lowest BCUT2D eigenvalue weighted by Gasteiger charge is -1.94. The van der Waals surface area contributed by atoms with Gasteiger partial charge in [0.05, 0.1) is 0 Å². The normalized spacial score (nSPS) is 13.5. The van der Waals surface area contributed by atoms with Crippen molar-refractivity contribution < 1.29 is 24.2 Å². The van der Waals surface area contributed by atoms with Crippen LogP contribution >= 0.6 is 0 Å². The Kier molecular flexibility index (Phi) is 8.20. The van der Waals surface area contributed by atoms with E-state index < -0.39 is 30.7 Å². The molecule has 0 aliphatic rings. The van der Waals surface area contributed by atoms with Crippen LogP contribution in [0.4, 0.5) is 4.39 Å². The van der Waals surface area contributed by atoms with Crippen molar-refractivity contribution in [2.45, 2.75) is 19.0 Å². The molecule has 0 aromatic carbocycles. The molecule has 7 heteroatoms. The monoisotopic (exact) mass is 196 g/mol. The Balaban J connectivity index is 0. The summed E-state index contributed by atoms with van der Waals surface area (Å²) >= 11 is 0. The number of hydrogen-bond donors (Lipinski definition) is 4. The van der Waals surface area contributed by atoms with Crippen molar-refractivity contribution in [3.05, 3.63) is 0 Å². The molecule has 0 amide bonds. The van der Waals surface area contributed by atoms with Gasteiger partial charge in [-0.1, -0.05) is 0 Å². The van der Waals surface area contributed by atoms with Crippen LogP contribution in [0.25, 0.3) is 0 Å². The van der Waals surface area contributed by atoms with E-state index in [9.17, 15) is 14.0 Å². The van der Waals surface area contributed by atoms with Crippen molar-refractivity contribution in [3.8, 4) is 0 Å². The van der Waals surface area contributed by atoms with Crippen molar-refractivity contribution in [2.75, 3.05) is 6.67 Å². The maximum absolute atomic E-state index is 11.1. The summed E-state index contributed by atoms with van der Waals surface area (Å²) in [7, 11) is 0. The van der Waals surface area contributed by atoms with Crippen LogP contribution in [0.15, 0.2) is 0 Å². The van der Waals surface area contributed by atoms with E-state index in [0.717, 1.165) is 0 Å². The SMILES string of the molecule is CC(N)C(=O)O.N[C@@H](CF)C(=O)O. The van der Waals surface area contributed by atoms with E-state index in [1.807, 2.05) is 0 Å². The summed E-state index contributed by atoms with van der Waals surface area (Å²) < 4.78 is 11.1. The number of rotatable bonds is 3. The molecule has 0 saturated heterocycles. The number of carbonyl (C=O) groups is 2. The zero-order chi connectivity index (χ0) is 11.0. The van der Waals surface area contributed by atoms with Crippen LogP contribution in [0, 0.1) is 0 Å². The second kappa shape index (κ2) is 7.44. The third kappa shape index (κ3) is 10.8. The molecule has 0 heterocycles. The third-order valence-electron chi connectivity index (χ3n) is 0.873. The number of carboxylic acids is 2. The fourth-order valence-electron chi connectivity index (χ4n) is 0.0660. The molecule has 0 aromatic heterocycles. The standard InChI is InChI=1S/C3H6FNO2.C3H7NO2/c4-1-2(5)3(6)7;1-2(4)3(5)6/h2H,1,5H2,(H,6,7);2H,4H2,1H3,(H,5,6)/t2-;/m0./s1. The molecule has 0 radical (unpaired) electrons. The molecule has 0 rings (SSSR count). The van der Waals surface area contributed by atoms with E-state index in [4.69, 9.17) is 15.9 Å². The molecule has 6 nitrogen and oxygen atoms in total. The summed E-state index contributed by atoms with van der Waals surface area (Å²) in [4.78, 5) is 19.1. The Morgan fingerprint density at radius 2 is 1.62 bits per heavy atom. The Hall–Kier alpha value is -1.21. The molecule has 0 aromatic rings. The average molecular weight is 196 g/mol. The lowest BCUT2D eigenvalue weighted by atomic mass is 10.4. The van der Waals surface area contributed by atoms with Gasteiger partial charge in [0.15, 0.2) is 0 Å². The van der Waals surface area contributed by atoms with Crippen molar-refractivity contribution in [1.82, 2.24) is 0 Å². The van der Waals surface area contributed by atoms with Crippen LogP contribution < -0.4 is 11.5 Å². The van der Waals surface area contributed by atoms with Gasteiger partial charge in [0.2, 0.25) is 0 Å². The summed E-state index contributed by atoms with van der Waals surface area (Å²) in [5.41, 5.74) is 9.48. The predicted molar refractivity (Wildman–Crippen MR) is 42.9 cm³/mol. The molecular weight excluding hydrogens is 183 g/mol. The van der Waals surface area contributed by atoms with Gasteiger partial charge in [-0.2, -0.15) is 0 Å². The van der Waals surface area contributed by atoms with Crippen molar-refractivity contribution in [1.29, 1.82) is 0 Å². The molecule has 0 spiro atoms. The average Bonchev–Trinajstić information content (AvgIpc) is 2.03. The summed E-state index contributed by atoms with van der Waals surface area (Å²) in [5.74, 6) is -2.27. The van der Waals surface area contributed by atoms with Crippen LogP contribution in [-0.2, 0) is 9.59 Å². The minimum Gasteiger partial charge on any atom is -0.480 e. The molecule has 0 bridgehead atoms. The zero-order valence-electron chi connectivity index (χ0n) is 7.11. The number of hydrogen-bond acceptors (Lipinski definition) is 4. The van der Waals surface area contributed by atoms with Crippen molar-refractivity contribution in [3.63, 3.8) is 0 Å². The van der Waals surface area contributed by atoms with Gasteiger partial charge in [-0.15, -0.1) is 0 Å². The lowest BCUT2D eigenvalue weighted by Crippen LogP contribution is -2.31. The minimum absolute atomic E-state index is 0.731. The van der Waals surface area contributed by atoms with Crippen molar-refractivity contribution >= 4 is 11.9 Å². The topological polar surface area (TPSA) is 127 Å². The van der Waals surface area contributed by atoms with Crippen LogP contribution in [0.2, 0.25) is 0 Å². The van der Waals surface area contributed by atoms with E-state index in [1.165, 1.54) is 6.92 Å². The van der Waals surface area contributed by atoms with Crippen LogP contribution in [0.1, 0.15) is 6.92 Å². The van der Waals surface area contributed by atoms with Crippen LogP contribution in [0.3, 0.4) is 0 Å². The first kappa shape index (κ1) is 14.3. The highest BCUT2D eigenvalue weighted by Crippen LogP contribution is 1.76. The van der Waals surface area contributed by atoms with Crippen LogP contribution in [-0.4, -0.2) is 40.9 Å². The Morgan fingerprint density at radius 1 is 1.31 bits per heavy atom. The molecule has 0 fully saturated rings. The molecule has 78 valence electrons. The smallest absolute Gasteiger partial charge is 0.323 e. The second-order valence-corrected chi connectivity index (χ2v) is 2.23. The highest BCUT2D eigenvalue weighted by molar-refractivity contribution is 5.73. The van der Waals surface area contributed by atoms with Gasteiger partial charge < -0.3 is 21.7 Å². The number of alkyl halides is 1. The summed E-state index contributed by atoms with van der Waals surface area (Å²) in [6.07, 6.45) is 0. The molecular formula is C6H13FN2O4. The maximum atomic E-state index is 11.1. The molecule has 2 atom stereocenters. The highest BCUT2D eigenvalue weighted by atomic mass is 19.1. The highest BCUT2D eigenvalue weighted by Gasteiger charge is 2.08. The largest absolute Gasteiger partial charge is 0.480 e. The van der Waals surface area contributed by atoms with Gasteiger partial charge >= 0.3 is 11.9 Å². The van der Waals surface area contributed by atoms with Gasteiger partial charge in [-0.3, -0.25) is 9.59 Å².